The van der Waals surface area contributed by atoms with Crippen LogP contribution in [0.25, 0.3) is 11.3 Å². The van der Waals surface area contributed by atoms with Gasteiger partial charge in [0.15, 0.2) is 0 Å². The van der Waals surface area contributed by atoms with Gasteiger partial charge in [0, 0.05) is 18.2 Å². The Morgan fingerprint density at radius 3 is 2.63 bits per heavy atom. The fourth-order valence-electron chi connectivity index (χ4n) is 1.86. The molecule has 0 saturated carbocycles. The molecule has 0 aliphatic heterocycles. The minimum atomic E-state index is -0.196. The molecule has 1 aromatic carbocycles. The summed E-state index contributed by atoms with van der Waals surface area (Å²) in [5.41, 5.74) is 2.34. The molecule has 1 N–H and O–H groups in total. The molecule has 3 nitrogen and oxygen atoms in total. The van der Waals surface area contributed by atoms with E-state index in [0.29, 0.717) is 11.4 Å². The molecule has 0 amide bonds. The van der Waals surface area contributed by atoms with Crippen LogP contribution in [0.2, 0.25) is 0 Å². The molecule has 100 valence electrons. The zero-order chi connectivity index (χ0) is 13.8. The van der Waals surface area contributed by atoms with E-state index in [2.05, 4.69) is 22.2 Å². The molecule has 4 heteroatoms. The maximum absolute atomic E-state index is 13.3. The molecule has 2 rings (SSSR count). The molecule has 0 bridgehead atoms. The number of aromatic nitrogens is 2. The summed E-state index contributed by atoms with van der Waals surface area (Å²) in [6, 6.07) is 6.92. The predicted octanol–water partition coefficient (Wildman–Crippen LogP) is 3.72. The summed E-state index contributed by atoms with van der Waals surface area (Å²) in [4.78, 5) is 8.75. The van der Waals surface area contributed by atoms with Crippen LogP contribution >= 0.6 is 0 Å². The molecule has 19 heavy (non-hydrogen) atoms. The third kappa shape index (κ3) is 3.28. The maximum Gasteiger partial charge on any atom is 0.130 e. The first-order valence-corrected chi connectivity index (χ1v) is 6.46. The molecule has 0 aliphatic carbocycles. The SMILES string of the molecule is CCCNc1cc(-c2ccc(F)c(C)c2)nc(C)n1. The zero-order valence-corrected chi connectivity index (χ0v) is 11.5. The lowest BCUT2D eigenvalue weighted by atomic mass is 10.1. The number of hydrogen-bond acceptors (Lipinski definition) is 3. The number of nitrogens with zero attached hydrogens (tertiary/aromatic N) is 2. The lowest BCUT2D eigenvalue weighted by molar-refractivity contribution is 0.619. The maximum atomic E-state index is 13.3. The molecule has 1 heterocycles. The number of nitrogens with one attached hydrogen (secondary N) is 1. The molecule has 0 fully saturated rings. The summed E-state index contributed by atoms with van der Waals surface area (Å²) in [6.45, 7) is 6.59. The second kappa shape index (κ2) is 5.78. The monoisotopic (exact) mass is 259 g/mol. The Labute approximate surface area is 112 Å². The highest BCUT2D eigenvalue weighted by molar-refractivity contribution is 5.63. The standard InChI is InChI=1S/C15H18FN3/c1-4-7-17-15-9-14(18-11(3)19-15)12-5-6-13(16)10(2)8-12/h5-6,8-9H,4,7H2,1-3H3,(H,17,18,19). The van der Waals surface area contributed by atoms with Crippen molar-refractivity contribution in [3.63, 3.8) is 0 Å². The van der Waals surface area contributed by atoms with Gasteiger partial charge < -0.3 is 5.32 Å². The predicted molar refractivity (Wildman–Crippen MR) is 75.7 cm³/mol. The van der Waals surface area contributed by atoms with E-state index in [1.54, 1.807) is 19.1 Å². The molecule has 2 aromatic rings. The second-order valence-corrected chi connectivity index (χ2v) is 4.58. The van der Waals surface area contributed by atoms with Crippen LogP contribution in [-0.4, -0.2) is 16.5 Å². The van der Waals surface area contributed by atoms with Crippen LogP contribution in [0.3, 0.4) is 0 Å². The largest absolute Gasteiger partial charge is 0.370 e. The second-order valence-electron chi connectivity index (χ2n) is 4.58. The highest BCUT2D eigenvalue weighted by Crippen LogP contribution is 2.22. The average Bonchev–Trinajstić information content (AvgIpc) is 2.39. The Hall–Kier alpha value is -1.97. The smallest absolute Gasteiger partial charge is 0.130 e. The van der Waals surface area contributed by atoms with Crippen LogP contribution < -0.4 is 5.32 Å². The van der Waals surface area contributed by atoms with Gasteiger partial charge >= 0.3 is 0 Å². The van der Waals surface area contributed by atoms with Gasteiger partial charge in [-0.1, -0.05) is 6.92 Å². The Morgan fingerprint density at radius 2 is 1.95 bits per heavy atom. The summed E-state index contributed by atoms with van der Waals surface area (Å²) in [6.07, 6.45) is 1.04. The van der Waals surface area contributed by atoms with E-state index in [1.807, 2.05) is 13.0 Å². The van der Waals surface area contributed by atoms with E-state index >= 15 is 0 Å². The van der Waals surface area contributed by atoms with Crippen molar-refractivity contribution in [3.8, 4) is 11.3 Å². The quantitative estimate of drug-likeness (QED) is 0.909. The van der Waals surface area contributed by atoms with Crippen molar-refractivity contribution < 1.29 is 4.39 Å². The van der Waals surface area contributed by atoms with Crippen molar-refractivity contribution in [2.45, 2.75) is 27.2 Å². The van der Waals surface area contributed by atoms with Crippen molar-refractivity contribution in [2.24, 2.45) is 0 Å². The van der Waals surface area contributed by atoms with Crippen LogP contribution in [0.5, 0.6) is 0 Å². The van der Waals surface area contributed by atoms with Crippen molar-refractivity contribution in [2.75, 3.05) is 11.9 Å². The molecule has 0 atom stereocenters. The number of rotatable bonds is 4. The lowest BCUT2D eigenvalue weighted by Gasteiger charge is -2.08. The number of hydrogen-bond donors (Lipinski definition) is 1. The Kier molecular flexibility index (Phi) is 4.10. The van der Waals surface area contributed by atoms with Gasteiger partial charge in [-0.2, -0.15) is 0 Å². The van der Waals surface area contributed by atoms with E-state index < -0.39 is 0 Å². The first-order valence-electron chi connectivity index (χ1n) is 6.46. The van der Waals surface area contributed by atoms with Gasteiger partial charge in [0.05, 0.1) is 5.69 Å². The first-order chi connectivity index (χ1) is 9.10. The Balaban J connectivity index is 2.37. The first kappa shape index (κ1) is 13.5. The number of benzene rings is 1. The zero-order valence-electron chi connectivity index (χ0n) is 11.5. The van der Waals surface area contributed by atoms with Crippen molar-refractivity contribution in [3.05, 3.63) is 41.5 Å². The molecule has 1 aromatic heterocycles. The molecule has 0 aliphatic rings. The van der Waals surface area contributed by atoms with Crippen LogP contribution in [0.1, 0.15) is 24.7 Å². The van der Waals surface area contributed by atoms with Crippen molar-refractivity contribution >= 4 is 5.82 Å². The third-order valence-corrected chi connectivity index (χ3v) is 2.85. The molecular weight excluding hydrogens is 241 g/mol. The van der Waals surface area contributed by atoms with Gasteiger partial charge in [-0.25, -0.2) is 14.4 Å². The summed E-state index contributed by atoms with van der Waals surface area (Å²) in [5.74, 6) is 1.32. The summed E-state index contributed by atoms with van der Waals surface area (Å²) < 4.78 is 13.3. The van der Waals surface area contributed by atoms with Gasteiger partial charge in [-0.05, 0) is 44.0 Å². The average molecular weight is 259 g/mol. The van der Waals surface area contributed by atoms with E-state index in [-0.39, 0.29) is 5.82 Å². The highest BCUT2D eigenvalue weighted by atomic mass is 19.1. The lowest BCUT2D eigenvalue weighted by Crippen LogP contribution is -2.04. The Bertz CT molecular complexity index is 582. The molecule has 0 radical (unpaired) electrons. The third-order valence-electron chi connectivity index (χ3n) is 2.85. The van der Waals surface area contributed by atoms with Gasteiger partial charge in [0.1, 0.15) is 17.5 Å². The summed E-state index contributed by atoms with van der Waals surface area (Å²) in [5, 5.41) is 3.25. The molecule has 0 unspecified atom stereocenters. The normalized spacial score (nSPS) is 10.5. The number of halogens is 1. The van der Waals surface area contributed by atoms with Crippen LogP contribution in [0.4, 0.5) is 10.2 Å². The van der Waals surface area contributed by atoms with Gasteiger partial charge in [-0.3, -0.25) is 0 Å². The molecular formula is C15H18FN3. The van der Waals surface area contributed by atoms with E-state index in [0.717, 1.165) is 30.0 Å². The molecule has 0 spiro atoms. The van der Waals surface area contributed by atoms with Gasteiger partial charge in [0.2, 0.25) is 0 Å². The van der Waals surface area contributed by atoms with Gasteiger partial charge in [-0.15, -0.1) is 0 Å². The van der Waals surface area contributed by atoms with Crippen LogP contribution in [-0.2, 0) is 0 Å². The van der Waals surface area contributed by atoms with Crippen LogP contribution in [0.15, 0.2) is 24.3 Å². The summed E-state index contributed by atoms with van der Waals surface area (Å²) in [7, 11) is 0. The van der Waals surface area contributed by atoms with E-state index in [4.69, 9.17) is 0 Å². The van der Waals surface area contributed by atoms with E-state index in [9.17, 15) is 4.39 Å². The van der Waals surface area contributed by atoms with Crippen molar-refractivity contribution in [1.29, 1.82) is 0 Å². The number of anilines is 1. The topological polar surface area (TPSA) is 37.8 Å². The summed E-state index contributed by atoms with van der Waals surface area (Å²) >= 11 is 0. The Morgan fingerprint density at radius 1 is 1.16 bits per heavy atom. The fourth-order valence-corrected chi connectivity index (χ4v) is 1.86. The minimum absolute atomic E-state index is 0.196. The van der Waals surface area contributed by atoms with Gasteiger partial charge in [0.25, 0.3) is 0 Å². The minimum Gasteiger partial charge on any atom is -0.370 e. The fraction of sp³-hybridized carbons (Fsp3) is 0.333. The van der Waals surface area contributed by atoms with Crippen LogP contribution in [0, 0.1) is 19.7 Å². The van der Waals surface area contributed by atoms with E-state index in [1.165, 1.54) is 6.07 Å². The highest BCUT2D eigenvalue weighted by Gasteiger charge is 2.06. The number of aryl methyl sites for hydroxylation is 2. The molecule has 0 saturated heterocycles. The van der Waals surface area contributed by atoms with Crippen molar-refractivity contribution in [1.82, 2.24) is 9.97 Å².